The van der Waals surface area contributed by atoms with E-state index in [4.69, 9.17) is 9.97 Å². The average Bonchev–Trinajstić information content (AvgIpc) is 3.72. The third-order valence-corrected chi connectivity index (χ3v) is 9.62. The fourth-order valence-electron chi connectivity index (χ4n) is 7.62. The van der Waals surface area contributed by atoms with E-state index in [2.05, 4.69) is 127 Å². The summed E-state index contributed by atoms with van der Waals surface area (Å²) in [6.07, 6.45) is 6.04. The predicted octanol–water partition coefficient (Wildman–Crippen LogP) is 11.4. The van der Waals surface area contributed by atoms with Crippen LogP contribution in [0, 0.1) is 0 Å². The molecule has 0 aliphatic heterocycles. The second-order valence-electron chi connectivity index (χ2n) is 12.2. The van der Waals surface area contributed by atoms with Crippen molar-refractivity contribution in [1.82, 2.24) is 14.4 Å². The number of benzene rings is 6. The van der Waals surface area contributed by atoms with Crippen molar-refractivity contribution in [3.8, 4) is 67.0 Å². The van der Waals surface area contributed by atoms with Crippen LogP contribution in [-0.2, 0) is 0 Å². The van der Waals surface area contributed by atoms with Crippen LogP contribution >= 0.6 is 0 Å². The first-order valence-corrected chi connectivity index (χ1v) is 16.0. The maximum Gasteiger partial charge on any atom is 0.137 e. The smallest absolute Gasteiger partial charge is 0.137 e. The lowest BCUT2D eigenvalue weighted by molar-refractivity contribution is 1.19. The first kappa shape index (κ1) is 26.0. The van der Waals surface area contributed by atoms with E-state index >= 15 is 0 Å². The Hall–Kier alpha value is -6.32. The molecular weight excluding hydrogens is 571 g/mol. The first-order chi connectivity index (χ1) is 23.3. The number of aromatic nitrogens is 3. The van der Waals surface area contributed by atoms with Gasteiger partial charge in [0.25, 0.3) is 0 Å². The summed E-state index contributed by atoms with van der Waals surface area (Å²) in [6, 6.07) is 52.4. The molecule has 0 unspecified atom stereocenters. The summed E-state index contributed by atoms with van der Waals surface area (Å²) >= 11 is 0. The summed E-state index contributed by atoms with van der Waals surface area (Å²) < 4.78 is 2.03. The predicted molar refractivity (Wildman–Crippen MR) is 194 cm³/mol. The van der Waals surface area contributed by atoms with E-state index in [0.29, 0.717) is 0 Å². The molecule has 0 N–H and O–H groups in total. The number of rotatable bonds is 4. The van der Waals surface area contributed by atoms with E-state index in [-0.39, 0.29) is 0 Å². The Morgan fingerprint density at radius 2 is 1.02 bits per heavy atom. The van der Waals surface area contributed by atoms with Gasteiger partial charge in [0, 0.05) is 24.2 Å². The minimum atomic E-state index is 0.863. The quantitative estimate of drug-likeness (QED) is 0.202. The number of hydrogen-bond acceptors (Lipinski definition) is 2. The zero-order valence-electron chi connectivity index (χ0n) is 25.4. The van der Waals surface area contributed by atoms with Crippen molar-refractivity contribution in [2.75, 3.05) is 0 Å². The Labute approximate surface area is 272 Å². The number of pyridine rings is 2. The lowest BCUT2D eigenvalue weighted by Gasteiger charge is -2.20. The largest absolute Gasteiger partial charge is 0.306 e. The van der Waals surface area contributed by atoms with Gasteiger partial charge in [-0.25, -0.2) is 4.98 Å². The topological polar surface area (TPSA) is 30.2 Å². The van der Waals surface area contributed by atoms with E-state index < -0.39 is 0 Å². The molecule has 6 aromatic carbocycles. The summed E-state index contributed by atoms with van der Waals surface area (Å²) in [5, 5.41) is 5.08. The van der Waals surface area contributed by atoms with Gasteiger partial charge in [-0.3, -0.25) is 4.98 Å². The Balaban J connectivity index is 1.23. The Bertz CT molecular complexity index is 2530. The summed E-state index contributed by atoms with van der Waals surface area (Å²) in [5.74, 6) is 0. The Morgan fingerprint density at radius 1 is 0.404 bits per heavy atom. The molecule has 0 bridgehead atoms. The van der Waals surface area contributed by atoms with Gasteiger partial charge in [-0.1, -0.05) is 127 Å². The fraction of sp³-hybridized carbons (Fsp3) is 0. The summed E-state index contributed by atoms with van der Waals surface area (Å²) in [5.41, 5.74) is 15.2. The van der Waals surface area contributed by atoms with Crippen LogP contribution in [-0.4, -0.2) is 14.4 Å². The highest BCUT2D eigenvalue weighted by molar-refractivity contribution is 6.28. The van der Waals surface area contributed by atoms with Crippen LogP contribution < -0.4 is 0 Å². The maximum absolute atomic E-state index is 4.90. The number of nitrogens with zero attached hydrogens (tertiary/aromatic N) is 3. The third kappa shape index (κ3) is 3.87. The van der Waals surface area contributed by atoms with E-state index in [1.54, 1.807) is 0 Å². The van der Waals surface area contributed by atoms with Gasteiger partial charge in [-0.2, -0.15) is 0 Å². The second-order valence-corrected chi connectivity index (χ2v) is 12.2. The normalized spacial score (nSPS) is 11.8. The van der Waals surface area contributed by atoms with Crippen molar-refractivity contribution in [2.45, 2.75) is 0 Å². The molecule has 3 heteroatoms. The van der Waals surface area contributed by atoms with Crippen molar-refractivity contribution in [2.24, 2.45) is 0 Å². The molecule has 1 aliphatic rings. The van der Waals surface area contributed by atoms with Crippen molar-refractivity contribution in [1.29, 1.82) is 0 Å². The molecule has 0 saturated heterocycles. The summed E-state index contributed by atoms with van der Waals surface area (Å²) in [4.78, 5) is 9.68. The summed E-state index contributed by atoms with van der Waals surface area (Å²) in [7, 11) is 0. The van der Waals surface area contributed by atoms with Crippen LogP contribution in [0.1, 0.15) is 0 Å². The molecule has 0 radical (unpaired) electrons. The highest BCUT2D eigenvalue weighted by Gasteiger charge is 2.31. The average molecular weight is 598 g/mol. The van der Waals surface area contributed by atoms with Gasteiger partial charge in [0.1, 0.15) is 11.3 Å². The number of fused-ring (bicyclic) bond motifs is 5. The van der Waals surface area contributed by atoms with E-state index in [0.717, 1.165) is 22.6 Å². The molecule has 0 fully saturated rings. The molecule has 10 rings (SSSR count). The zero-order valence-corrected chi connectivity index (χ0v) is 25.4. The van der Waals surface area contributed by atoms with Crippen LogP contribution in [0.3, 0.4) is 0 Å². The minimum absolute atomic E-state index is 0.863. The lowest BCUT2D eigenvalue weighted by atomic mass is 9.82. The van der Waals surface area contributed by atoms with Gasteiger partial charge in [0.05, 0.1) is 5.69 Å². The maximum atomic E-state index is 4.90. The molecule has 0 spiro atoms. The summed E-state index contributed by atoms with van der Waals surface area (Å²) in [6.45, 7) is 0. The Morgan fingerprint density at radius 3 is 1.68 bits per heavy atom. The van der Waals surface area contributed by atoms with Crippen molar-refractivity contribution in [3.05, 3.63) is 164 Å². The first-order valence-electron chi connectivity index (χ1n) is 16.0. The molecule has 3 nitrogen and oxygen atoms in total. The standard InChI is InChI=1S/C44H27N3/c1-3-12-28(13-4-1)40-33-16-7-8-17-34(33)41(29-14-5-2-6-15-29)44-36-23-22-31(32-18-11-19-35(42(32)36)43(40)44)30-21-24-37(45-26-30)38-27-47-25-10-9-20-39(47)46-38/h1-27H. The second kappa shape index (κ2) is 10.1. The van der Waals surface area contributed by atoms with Crippen LogP contribution in [0.2, 0.25) is 0 Å². The van der Waals surface area contributed by atoms with Crippen LogP contribution in [0.4, 0.5) is 0 Å². The van der Waals surface area contributed by atoms with Gasteiger partial charge in [-0.05, 0) is 89.8 Å². The van der Waals surface area contributed by atoms with Crippen LogP contribution in [0.5, 0.6) is 0 Å². The highest BCUT2D eigenvalue weighted by atomic mass is 15.0. The van der Waals surface area contributed by atoms with Gasteiger partial charge in [0.2, 0.25) is 0 Å². The van der Waals surface area contributed by atoms with E-state index in [9.17, 15) is 0 Å². The molecule has 47 heavy (non-hydrogen) atoms. The molecule has 9 aromatic rings. The van der Waals surface area contributed by atoms with Crippen molar-refractivity contribution >= 4 is 27.2 Å². The van der Waals surface area contributed by atoms with Gasteiger partial charge < -0.3 is 4.40 Å². The molecule has 0 amide bonds. The fourth-order valence-corrected chi connectivity index (χ4v) is 7.62. The van der Waals surface area contributed by atoms with Crippen LogP contribution in [0.15, 0.2) is 164 Å². The SMILES string of the molecule is c1ccc(-c2c3c(c(-c4ccccc4)c4ccccc24)-c2ccc(-c4ccc(-c5cn6ccccc6n5)nc4)c4cccc-3c24)cc1. The number of hydrogen-bond donors (Lipinski definition) is 0. The molecule has 0 atom stereocenters. The van der Waals surface area contributed by atoms with Crippen molar-refractivity contribution in [3.63, 3.8) is 0 Å². The van der Waals surface area contributed by atoms with Gasteiger partial charge in [-0.15, -0.1) is 0 Å². The van der Waals surface area contributed by atoms with Gasteiger partial charge >= 0.3 is 0 Å². The third-order valence-electron chi connectivity index (χ3n) is 9.62. The molecule has 3 aromatic heterocycles. The monoisotopic (exact) mass is 597 g/mol. The highest BCUT2D eigenvalue weighted by Crippen LogP contribution is 2.58. The Kier molecular flexibility index (Phi) is 5.57. The zero-order chi connectivity index (χ0) is 30.9. The van der Waals surface area contributed by atoms with E-state index in [1.807, 2.05) is 41.2 Å². The molecule has 1 aliphatic carbocycles. The molecule has 218 valence electrons. The van der Waals surface area contributed by atoms with E-state index in [1.165, 1.54) is 71.6 Å². The van der Waals surface area contributed by atoms with Crippen LogP contribution in [0.25, 0.3) is 94.2 Å². The molecule has 0 saturated carbocycles. The molecule has 3 heterocycles. The number of imidazole rings is 1. The lowest BCUT2D eigenvalue weighted by Crippen LogP contribution is -1.93. The van der Waals surface area contributed by atoms with Crippen molar-refractivity contribution < 1.29 is 0 Å². The van der Waals surface area contributed by atoms with Gasteiger partial charge in [0.15, 0.2) is 0 Å². The molecular formula is C44H27N3. The minimum Gasteiger partial charge on any atom is -0.306 e.